The molecule has 0 saturated heterocycles. The van der Waals surface area contributed by atoms with E-state index in [-0.39, 0.29) is 11.7 Å². The van der Waals surface area contributed by atoms with E-state index in [1.54, 1.807) is 26.1 Å². The number of carbonyl (C=O) groups is 1. The van der Waals surface area contributed by atoms with Crippen molar-refractivity contribution in [1.82, 2.24) is 0 Å². The van der Waals surface area contributed by atoms with Gasteiger partial charge >= 0.3 is 0 Å². The summed E-state index contributed by atoms with van der Waals surface area (Å²) in [5.74, 6) is -0.609. The van der Waals surface area contributed by atoms with Gasteiger partial charge in [0.2, 0.25) is 5.91 Å². The zero-order chi connectivity index (χ0) is 10.7. The van der Waals surface area contributed by atoms with Crippen molar-refractivity contribution in [3.63, 3.8) is 0 Å². The second kappa shape index (κ2) is 4.19. The third-order valence-electron chi connectivity index (χ3n) is 1.92. The Hall–Kier alpha value is -1.42. The molecule has 76 valence electrons. The molecule has 1 atom stereocenters. The van der Waals surface area contributed by atoms with Crippen LogP contribution < -0.4 is 10.6 Å². The lowest BCUT2D eigenvalue weighted by Crippen LogP contribution is -2.39. The summed E-state index contributed by atoms with van der Waals surface area (Å²) in [6.45, 7) is 1.60. The van der Waals surface area contributed by atoms with Crippen LogP contribution in [-0.4, -0.2) is 19.0 Å². The molecule has 4 heteroatoms. The largest absolute Gasteiger partial charge is 0.320 e. The molecular formula is C10H13FN2O. The van der Waals surface area contributed by atoms with Gasteiger partial charge in [-0.05, 0) is 25.1 Å². The van der Waals surface area contributed by atoms with Crippen molar-refractivity contribution in [2.24, 2.45) is 5.73 Å². The Balaban J connectivity index is 2.89. The van der Waals surface area contributed by atoms with Gasteiger partial charge in [0.05, 0.1) is 6.04 Å². The van der Waals surface area contributed by atoms with E-state index >= 15 is 0 Å². The maximum Gasteiger partial charge on any atom is 0.243 e. The standard InChI is InChI=1S/C10H13FN2O/c1-7(12)10(14)13(2)9-5-3-4-8(11)6-9/h3-7H,12H2,1-2H3/t7-/m1/s1. The number of carbonyl (C=O) groups excluding carboxylic acids is 1. The first kappa shape index (κ1) is 10.7. The number of hydrogen-bond acceptors (Lipinski definition) is 2. The van der Waals surface area contributed by atoms with Crippen molar-refractivity contribution >= 4 is 11.6 Å². The number of hydrogen-bond donors (Lipinski definition) is 1. The summed E-state index contributed by atoms with van der Waals surface area (Å²) >= 11 is 0. The average molecular weight is 196 g/mol. The Morgan fingerprint density at radius 2 is 2.21 bits per heavy atom. The van der Waals surface area contributed by atoms with Gasteiger partial charge in [-0.2, -0.15) is 0 Å². The molecule has 0 aromatic heterocycles. The highest BCUT2D eigenvalue weighted by molar-refractivity contribution is 5.96. The number of benzene rings is 1. The zero-order valence-corrected chi connectivity index (χ0v) is 8.20. The van der Waals surface area contributed by atoms with Gasteiger partial charge in [0.1, 0.15) is 5.82 Å². The number of halogens is 1. The molecule has 0 bridgehead atoms. The van der Waals surface area contributed by atoms with Crippen molar-refractivity contribution < 1.29 is 9.18 Å². The fraction of sp³-hybridized carbons (Fsp3) is 0.300. The minimum atomic E-state index is -0.580. The van der Waals surface area contributed by atoms with E-state index in [1.165, 1.54) is 17.0 Å². The van der Waals surface area contributed by atoms with Gasteiger partial charge in [-0.3, -0.25) is 4.79 Å². The molecule has 0 saturated carbocycles. The molecule has 0 aliphatic heterocycles. The van der Waals surface area contributed by atoms with Crippen molar-refractivity contribution in [3.05, 3.63) is 30.1 Å². The molecule has 1 amide bonds. The average Bonchev–Trinajstić information content (AvgIpc) is 2.15. The predicted octanol–water partition coefficient (Wildman–Crippen LogP) is 1.14. The number of amides is 1. The Kier molecular flexibility index (Phi) is 3.19. The summed E-state index contributed by atoms with van der Waals surface area (Å²) < 4.78 is 12.8. The van der Waals surface area contributed by atoms with Gasteiger partial charge in [-0.1, -0.05) is 6.07 Å². The molecule has 0 fully saturated rings. The van der Waals surface area contributed by atoms with Gasteiger partial charge in [0, 0.05) is 12.7 Å². The molecule has 2 N–H and O–H groups in total. The molecule has 0 radical (unpaired) electrons. The molecule has 14 heavy (non-hydrogen) atoms. The Morgan fingerprint density at radius 1 is 1.57 bits per heavy atom. The second-order valence-corrected chi connectivity index (χ2v) is 3.17. The quantitative estimate of drug-likeness (QED) is 0.770. The highest BCUT2D eigenvalue weighted by Crippen LogP contribution is 2.14. The Morgan fingerprint density at radius 3 is 2.71 bits per heavy atom. The number of likely N-dealkylation sites (N-methyl/N-ethyl adjacent to an activating group) is 1. The molecule has 0 unspecified atom stereocenters. The van der Waals surface area contributed by atoms with Crippen molar-refractivity contribution in [1.29, 1.82) is 0 Å². The first-order chi connectivity index (χ1) is 6.52. The second-order valence-electron chi connectivity index (χ2n) is 3.17. The minimum Gasteiger partial charge on any atom is -0.320 e. The van der Waals surface area contributed by atoms with Crippen LogP contribution in [0.2, 0.25) is 0 Å². The lowest BCUT2D eigenvalue weighted by atomic mass is 10.2. The topological polar surface area (TPSA) is 46.3 Å². The molecule has 0 spiro atoms. The van der Waals surface area contributed by atoms with Gasteiger partial charge in [-0.15, -0.1) is 0 Å². The minimum absolute atomic E-state index is 0.240. The maximum atomic E-state index is 12.8. The van der Waals surface area contributed by atoms with E-state index in [1.807, 2.05) is 0 Å². The van der Waals surface area contributed by atoms with E-state index in [4.69, 9.17) is 5.73 Å². The molecule has 0 aliphatic rings. The Bertz CT molecular complexity index is 339. The fourth-order valence-corrected chi connectivity index (χ4v) is 1.12. The van der Waals surface area contributed by atoms with Crippen molar-refractivity contribution in [2.45, 2.75) is 13.0 Å². The third-order valence-corrected chi connectivity index (χ3v) is 1.92. The SMILES string of the molecule is C[C@@H](N)C(=O)N(C)c1cccc(F)c1. The van der Waals surface area contributed by atoms with Crippen LogP contribution in [0, 0.1) is 5.82 Å². The summed E-state index contributed by atoms with van der Waals surface area (Å²) in [4.78, 5) is 12.8. The molecular weight excluding hydrogens is 183 g/mol. The first-order valence-electron chi connectivity index (χ1n) is 4.31. The van der Waals surface area contributed by atoms with Crippen LogP contribution in [0.5, 0.6) is 0 Å². The summed E-state index contributed by atoms with van der Waals surface area (Å²) in [6, 6.07) is 5.25. The monoisotopic (exact) mass is 196 g/mol. The van der Waals surface area contributed by atoms with Gasteiger partial charge in [-0.25, -0.2) is 4.39 Å². The first-order valence-corrected chi connectivity index (χ1v) is 4.31. The van der Waals surface area contributed by atoms with Gasteiger partial charge in [0.25, 0.3) is 0 Å². The highest BCUT2D eigenvalue weighted by atomic mass is 19.1. The lowest BCUT2D eigenvalue weighted by Gasteiger charge is -2.19. The van der Waals surface area contributed by atoms with E-state index < -0.39 is 6.04 Å². The zero-order valence-electron chi connectivity index (χ0n) is 8.20. The van der Waals surface area contributed by atoms with Crippen LogP contribution in [-0.2, 0) is 4.79 Å². The third kappa shape index (κ3) is 2.29. The molecule has 1 rings (SSSR count). The van der Waals surface area contributed by atoms with E-state index in [0.29, 0.717) is 5.69 Å². The number of nitrogens with zero attached hydrogens (tertiary/aromatic N) is 1. The van der Waals surface area contributed by atoms with E-state index in [0.717, 1.165) is 0 Å². The lowest BCUT2D eigenvalue weighted by molar-refractivity contribution is -0.119. The summed E-state index contributed by atoms with van der Waals surface area (Å²) in [5, 5.41) is 0. The molecule has 1 aromatic carbocycles. The van der Waals surface area contributed by atoms with Crippen molar-refractivity contribution in [3.8, 4) is 0 Å². The van der Waals surface area contributed by atoms with Crippen LogP contribution >= 0.6 is 0 Å². The van der Waals surface area contributed by atoms with Crippen LogP contribution in [0.1, 0.15) is 6.92 Å². The van der Waals surface area contributed by atoms with Gasteiger partial charge < -0.3 is 10.6 Å². The summed E-state index contributed by atoms with van der Waals surface area (Å²) in [5.41, 5.74) is 5.93. The normalized spacial score (nSPS) is 12.3. The molecule has 0 heterocycles. The van der Waals surface area contributed by atoms with Gasteiger partial charge in [0.15, 0.2) is 0 Å². The summed E-state index contributed by atoms with van der Waals surface area (Å²) in [6.07, 6.45) is 0. The number of anilines is 1. The fourth-order valence-electron chi connectivity index (χ4n) is 1.12. The maximum absolute atomic E-state index is 12.8. The van der Waals surface area contributed by atoms with Crippen LogP contribution in [0.15, 0.2) is 24.3 Å². The molecule has 3 nitrogen and oxygen atoms in total. The van der Waals surface area contributed by atoms with Crippen LogP contribution in [0.4, 0.5) is 10.1 Å². The van der Waals surface area contributed by atoms with E-state index in [9.17, 15) is 9.18 Å². The molecule has 1 aromatic rings. The smallest absolute Gasteiger partial charge is 0.243 e. The number of nitrogens with two attached hydrogens (primary N) is 1. The van der Waals surface area contributed by atoms with Crippen LogP contribution in [0.25, 0.3) is 0 Å². The molecule has 0 aliphatic carbocycles. The Labute approximate surface area is 82.3 Å². The highest BCUT2D eigenvalue weighted by Gasteiger charge is 2.14. The van der Waals surface area contributed by atoms with E-state index in [2.05, 4.69) is 0 Å². The van der Waals surface area contributed by atoms with Crippen LogP contribution in [0.3, 0.4) is 0 Å². The predicted molar refractivity (Wildman–Crippen MR) is 53.5 cm³/mol. The summed E-state index contributed by atoms with van der Waals surface area (Å²) in [7, 11) is 1.57. The number of rotatable bonds is 2. The van der Waals surface area contributed by atoms with Crippen molar-refractivity contribution in [2.75, 3.05) is 11.9 Å².